The number of fused-ring (bicyclic) bond motifs is 10. The first kappa shape index (κ1) is 29.4. The van der Waals surface area contributed by atoms with Crippen molar-refractivity contribution in [2.75, 3.05) is 0 Å². The second kappa shape index (κ2) is 12.6. The first-order chi connectivity index (χ1) is 29.9. The fourth-order valence-corrected chi connectivity index (χ4v) is 8.59. The molecule has 0 aliphatic heterocycles. The van der Waals surface area contributed by atoms with E-state index in [0.29, 0.717) is 23.5 Å². The molecule has 0 bridgehead atoms. The van der Waals surface area contributed by atoms with Gasteiger partial charge < -0.3 is 0 Å². The maximum absolute atomic E-state index is 8.25. The van der Waals surface area contributed by atoms with Crippen molar-refractivity contribution in [2.45, 2.75) is 13.3 Å². The van der Waals surface area contributed by atoms with Gasteiger partial charge in [0.05, 0.1) is 66.9 Å². The maximum atomic E-state index is 8.25. The van der Waals surface area contributed by atoms with E-state index in [1.165, 1.54) is 0 Å². The fraction of sp³-hybridized carbons (Fsp3) is 0.0400. The summed E-state index contributed by atoms with van der Waals surface area (Å²) in [4.78, 5) is 20.7. The van der Waals surface area contributed by atoms with Crippen molar-refractivity contribution < 1.29 is 4.11 Å². The first-order valence-electron chi connectivity index (χ1n) is 20.8. The summed E-state index contributed by atoms with van der Waals surface area (Å²) in [6.07, 6.45) is 0.490. The number of para-hydroxylation sites is 6. The largest absolute Gasteiger partial charge is 0.278 e. The van der Waals surface area contributed by atoms with Crippen LogP contribution in [0.15, 0.2) is 176 Å². The van der Waals surface area contributed by atoms with E-state index >= 15 is 0 Å². The molecule has 5 aromatic heterocycles. The lowest BCUT2D eigenvalue weighted by atomic mass is 10.1. The van der Waals surface area contributed by atoms with Gasteiger partial charge in [0.2, 0.25) is 11.6 Å². The minimum atomic E-state index is -2.31. The second-order valence-electron chi connectivity index (χ2n) is 14.6. The van der Waals surface area contributed by atoms with E-state index in [9.17, 15) is 0 Å². The van der Waals surface area contributed by atoms with Crippen molar-refractivity contribution in [3.8, 4) is 33.9 Å². The Morgan fingerprint density at radius 3 is 1.50 bits per heavy atom. The Kier molecular flexibility index (Phi) is 6.39. The summed E-state index contributed by atoms with van der Waals surface area (Å²) in [6.45, 7) is -2.31. The minimum absolute atomic E-state index is 0.233. The van der Waals surface area contributed by atoms with Crippen LogP contribution in [-0.2, 0) is 6.42 Å². The van der Waals surface area contributed by atoms with Gasteiger partial charge in [-0.3, -0.25) is 17.9 Å². The Labute approximate surface area is 336 Å². The normalized spacial score (nSPS) is 12.9. The van der Waals surface area contributed by atoms with E-state index < -0.39 is 6.85 Å². The van der Waals surface area contributed by atoms with E-state index in [4.69, 9.17) is 24.0 Å². The molecule has 0 N–H and O–H groups in total. The molecule has 12 rings (SSSR count). The van der Waals surface area contributed by atoms with E-state index in [2.05, 4.69) is 115 Å². The molecular formula is C50H34N8. The van der Waals surface area contributed by atoms with E-state index in [0.717, 1.165) is 83.8 Å². The molecule has 0 aliphatic carbocycles. The van der Waals surface area contributed by atoms with Crippen molar-refractivity contribution >= 4 is 55.7 Å². The third kappa shape index (κ3) is 4.88. The molecule has 58 heavy (non-hydrogen) atoms. The quantitative estimate of drug-likeness (QED) is 0.170. The van der Waals surface area contributed by atoms with Crippen molar-refractivity contribution in [1.82, 2.24) is 37.9 Å². The van der Waals surface area contributed by atoms with Gasteiger partial charge in [-0.1, -0.05) is 115 Å². The van der Waals surface area contributed by atoms with Crippen molar-refractivity contribution in [3.05, 3.63) is 193 Å². The molecular weight excluding hydrogens is 713 g/mol. The Balaban J connectivity index is 1.03. The number of rotatable bonds is 6. The summed E-state index contributed by atoms with van der Waals surface area (Å²) >= 11 is 0. The van der Waals surface area contributed by atoms with Gasteiger partial charge in [-0.05, 0) is 78.6 Å². The topological polar surface area (TPSA) is 70.2 Å². The summed E-state index contributed by atoms with van der Waals surface area (Å²) in [5.41, 5.74) is 13.9. The average Bonchev–Trinajstić information content (AvgIpc) is 4.03. The number of aromatic nitrogens is 8. The maximum Gasteiger partial charge on any atom is 0.220 e. The Morgan fingerprint density at radius 2 is 0.914 bits per heavy atom. The summed E-state index contributed by atoms with van der Waals surface area (Å²) in [6, 6.07) is 59.1. The van der Waals surface area contributed by atoms with Crippen LogP contribution in [0.1, 0.15) is 21.1 Å². The van der Waals surface area contributed by atoms with Gasteiger partial charge in [-0.25, -0.2) is 19.9 Å². The zero-order chi connectivity index (χ0) is 40.8. The van der Waals surface area contributed by atoms with Gasteiger partial charge >= 0.3 is 0 Å². The number of imidazole rings is 4. The predicted molar refractivity (Wildman–Crippen MR) is 233 cm³/mol. The summed E-state index contributed by atoms with van der Waals surface area (Å²) in [5.74, 6) is 2.13. The Hall–Kier alpha value is -7.84. The Morgan fingerprint density at radius 1 is 0.431 bits per heavy atom. The molecule has 0 amide bonds. The number of nitrogens with zero attached hydrogens (tertiary/aromatic N) is 8. The molecule has 0 aliphatic rings. The van der Waals surface area contributed by atoms with Crippen molar-refractivity contribution in [2.24, 2.45) is 0 Å². The van der Waals surface area contributed by atoms with E-state index in [-0.39, 0.29) is 5.56 Å². The molecule has 0 radical (unpaired) electrons. The van der Waals surface area contributed by atoms with Crippen molar-refractivity contribution in [1.29, 1.82) is 0 Å². The van der Waals surface area contributed by atoms with Crippen LogP contribution in [0.2, 0.25) is 0 Å². The summed E-state index contributed by atoms with van der Waals surface area (Å²) in [5, 5.41) is 0. The fourth-order valence-electron chi connectivity index (χ4n) is 8.59. The summed E-state index contributed by atoms with van der Waals surface area (Å²) < 4.78 is 33.4. The molecule has 0 fully saturated rings. The SMILES string of the molecule is [2H]C([2H])([2H])c1cccc2c1nc1n(-c3cccc(-n4c5ccccc5n5c6cccc(Cc7nc(-c8ccccc8)cc(-c8ccccc8)n7)c6nc45)c3)c3ccccc3n21. The Bertz CT molecular complexity index is 3610. The molecule has 0 spiro atoms. The van der Waals surface area contributed by atoms with Crippen LogP contribution in [0, 0.1) is 6.85 Å². The number of hydrogen-bond donors (Lipinski definition) is 0. The second-order valence-corrected chi connectivity index (χ2v) is 14.6. The van der Waals surface area contributed by atoms with Crippen LogP contribution in [0.3, 0.4) is 0 Å². The highest BCUT2D eigenvalue weighted by atomic mass is 15.2. The molecule has 8 heteroatoms. The van der Waals surface area contributed by atoms with Crippen LogP contribution >= 0.6 is 0 Å². The van der Waals surface area contributed by atoms with Gasteiger partial charge in [0.15, 0.2) is 0 Å². The first-order valence-corrected chi connectivity index (χ1v) is 19.3. The molecule has 0 unspecified atom stereocenters. The highest BCUT2D eigenvalue weighted by Gasteiger charge is 2.22. The van der Waals surface area contributed by atoms with Crippen molar-refractivity contribution in [3.63, 3.8) is 0 Å². The molecule has 0 saturated heterocycles. The van der Waals surface area contributed by atoms with Gasteiger partial charge in [0.25, 0.3) is 0 Å². The van der Waals surface area contributed by atoms with E-state index in [1.54, 1.807) is 12.1 Å². The third-order valence-electron chi connectivity index (χ3n) is 11.2. The molecule has 5 heterocycles. The highest BCUT2D eigenvalue weighted by Crippen LogP contribution is 2.34. The minimum Gasteiger partial charge on any atom is -0.278 e. The standard InChI is InChI=1S/C50H34N8/c1-32-15-12-27-44-47(32)53-49-55(40-23-8-10-25-42(40)57(44)49)36-21-14-22-37(30-36)56-41-24-9-11-26-43(41)58-45-28-13-20-35(48(45)54-50(56)58)29-46-51-38(33-16-4-2-5-17-33)31-39(52-46)34-18-6-3-7-19-34/h2-28,30-31H,29H2,1H3/i1D3. The summed E-state index contributed by atoms with van der Waals surface area (Å²) in [7, 11) is 0. The molecule has 7 aromatic carbocycles. The monoisotopic (exact) mass is 749 g/mol. The number of hydrogen-bond acceptors (Lipinski definition) is 4. The lowest BCUT2D eigenvalue weighted by Crippen LogP contribution is -2.01. The number of aryl methyl sites for hydroxylation is 1. The van der Waals surface area contributed by atoms with Crippen LogP contribution in [0.4, 0.5) is 0 Å². The van der Waals surface area contributed by atoms with Gasteiger partial charge in [0.1, 0.15) is 5.82 Å². The lowest BCUT2D eigenvalue weighted by molar-refractivity contribution is 0.979. The third-order valence-corrected chi connectivity index (χ3v) is 11.2. The molecule has 8 nitrogen and oxygen atoms in total. The van der Waals surface area contributed by atoms with Crippen LogP contribution in [0.5, 0.6) is 0 Å². The van der Waals surface area contributed by atoms with E-state index in [1.807, 2.05) is 66.7 Å². The highest BCUT2D eigenvalue weighted by molar-refractivity contribution is 5.95. The van der Waals surface area contributed by atoms with Gasteiger partial charge in [-0.2, -0.15) is 0 Å². The molecule has 0 atom stereocenters. The molecule has 12 aromatic rings. The lowest BCUT2D eigenvalue weighted by Gasteiger charge is -2.10. The van der Waals surface area contributed by atoms with Gasteiger partial charge in [0, 0.05) is 21.7 Å². The average molecular weight is 750 g/mol. The van der Waals surface area contributed by atoms with Crippen LogP contribution < -0.4 is 0 Å². The van der Waals surface area contributed by atoms with Gasteiger partial charge in [-0.15, -0.1) is 0 Å². The zero-order valence-corrected chi connectivity index (χ0v) is 31.0. The zero-order valence-electron chi connectivity index (χ0n) is 34.0. The smallest absolute Gasteiger partial charge is 0.220 e. The van der Waals surface area contributed by atoms with Crippen LogP contribution in [-0.4, -0.2) is 37.9 Å². The van der Waals surface area contributed by atoms with Crippen LogP contribution in [0.25, 0.3) is 89.6 Å². The molecule has 0 saturated carbocycles. The predicted octanol–water partition coefficient (Wildman–Crippen LogP) is 11.2. The molecule has 274 valence electrons. The number of benzene rings is 7.